The molecule has 8 heavy (non-hydrogen) atoms. The highest BCUT2D eigenvalue weighted by Gasteiger charge is 2.34. The predicted octanol–water partition coefficient (Wildman–Crippen LogP) is -0.229. The summed E-state index contributed by atoms with van der Waals surface area (Å²) in [6.45, 7) is 0.800. The molecule has 0 aromatic rings. The Labute approximate surface area is 48.5 Å². The Kier molecular flexibility index (Phi) is 1.24. The minimum absolute atomic E-state index is 0.400. The first kappa shape index (κ1) is 5.61. The molecular formula is C6H8O2. The summed E-state index contributed by atoms with van der Waals surface area (Å²) in [5.74, 6) is 2.38. The lowest BCUT2D eigenvalue weighted by Gasteiger charge is -2.34. The number of hydrogen-bond acceptors (Lipinski definition) is 2. The fraction of sp³-hybridized carbons (Fsp3) is 0.667. The Hall–Kier alpha value is -0.520. The van der Waals surface area contributed by atoms with E-state index in [1.807, 2.05) is 0 Å². The van der Waals surface area contributed by atoms with E-state index >= 15 is 0 Å². The minimum Gasteiger partial charge on any atom is -0.384 e. The van der Waals surface area contributed by atoms with Crippen LogP contribution in [0.5, 0.6) is 0 Å². The molecule has 1 saturated heterocycles. The molecule has 1 N–H and O–H groups in total. The van der Waals surface area contributed by atoms with Gasteiger partial charge in [-0.1, -0.05) is 0 Å². The van der Waals surface area contributed by atoms with Crippen LogP contribution < -0.4 is 0 Å². The Bertz CT molecular complexity index is 119. The molecule has 2 nitrogen and oxygen atoms in total. The largest absolute Gasteiger partial charge is 0.384 e. The number of hydrogen-bond donors (Lipinski definition) is 1. The molecule has 1 heterocycles. The predicted molar refractivity (Wildman–Crippen MR) is 29.2 cm³/mol. The van der Waals surface area contributed by atoms with Crippen LogP contribution >= 0.6 is 0 Å². The van der Waals surface area contributed by atoms with Gasteiger partial charge in [0, 0.05) is 6.42 Å². The van der Waals surface area contributed by atoms with Crippen LogP contribution in [0.3, 0.4) is 0 Å². The highest BCUT2D eigenvalue weighted by molar-refractivity contribution is 4.98. The van der Waals surface area contributed by atoms with Gasteiger partial charge in [0.2, 0.25) is 0 Å². The van der Waals surface area contributed by atoms with Gasteiger partial charge in [-0.25, -0.2) is 0 Å². The molecule has 0 unspecified atom stereocenters. The zero-order valence-electron chi connectivity index (χ0n) is 4.55. The monoisotopic (exact) mass is 112 g/mol. The van der Waals surface area contributed by atoms with E-state index in [9.17, 15) is 0 Å². The topological polar surface area (TPSA) is 29.5 Å². The summed E-state index contributed by atoms with van der Waals surface area (Å²) >= 11 is 0. The van der Waals surface area contributed by atoms with E-state index in [0.29, 0.717) is 19.6 Å². The van der Waals surface area contributed by atoms with Gasteiger partial charge in [-0.05, 0) is 0 Å². The molecular weight excluding hydrogens is 104 g/mol. The molecule has 0 bridgehead atoms. The summed E-state index contributed by atoms with van der Waals surface area (Å²) in [6.07, 6.45) is 5.37. The van der Waals surface area contributed by atoms with Crippen LogP contribution in [0.25, 0.3) is 0 Å². The normalized spacial score (nSPS) is 23.5. The van der Waals surface area contributed by atoms with Crippen molar-refractivity contribution in [1.82, 2.24) is 0 Å². The molecule has 0 aromatic carbocycles. The van der Waals surface area contributed by atoms with Gasteiger partial charge in [0.15, 0.2) is 0 Å². The lowest BCUT2D eigenvalue weighted by atomic mass is 9.99. The van der Waals surface area contributed by atoms with Crippen molar-refractivity contribution in [2.75, 3.05) is 13.2 Å². The maximum atomic E-state index is 9.14. The zero-order valence-corrected chi connectivity index (χ0v) is 4.55. The maximum absolute atomic E-state index is 9.14. The van der Waals surface area contributed by atoms with Crippen LogP contribution in [0.1, 0.15) is 6.42 Å². The second-order valence-corrected chi connectivity index (χ2v) is 2.10. The first-order valence-corrected chi connectivity index (χ1v) is 2.50. The van der Waals surface area contributed by atoms with Gasteiger partial charge in [-0.15, -0.1) is 12.3 Å². The van der Waals surface area contributed by atoms with Gasteiger partial charge in [0.1, 0.15) is 5.60 Å². The second-order valence-electron chi connectivity index (χ2n) is 2.10. The van der Waals surface area contributed by atoms with Crippen LogP contribution in [0.15, 0.2) is 0 Å². The molecule has 0 atom stereocenters. The number of terminal acetylenes is 1. The van der Waals surface area contributed by atoms with E-state index in [2.05, 4.69) is 5.92 Å². The van der Waals surface area contributed by atoms with Crippen LogP contribution in [-0.2, 0) is 4.74 Å². The van der Waals surface area contributed by atoms with E-state index in [1.54, 1.807) is 0 Å². The van der Waals surface area contributed by atoms with Crippen molar-refractivity contribution in [3.05, 3.63) is 0 Å². The molecule has 0 saturated carbocycles. The lowest BCUT2D eigenvalue weighted by Crippen LogP contribution is -2.49. The molecule has 2 heteroatoms. The summed E-state index contributed by atoms with van der Waals surface area (Å²) in [5.41, 5.74) is -0.686. The van der Waals surface area contributed by atoms with Gasteiger partial charge in [-0.3, -0.25) is 0 Å². The molecule has 0 radical (unpaired) electrons. The van der Waals surface area contributed by atoms with Crippen molar-refractivity contribution in [1.29, 1.82) is 0 Å². The van der Waals surface area contributed by atoms with E-state index in [0.717, 1.165) is 0 Å². The summed E-state index contributed by atoms with van der Waals surface area (Å²) in [6, 6.07) is 0. The highest BCUT2D eigenvalue weighted by Crippen LogP contribution is 2.19. The van der Waals surface area contributed by atoms with Gasteiger partial charge in [0.05, 0.1) is 13.2 Å². The Balaban J connectivity index is 2.33. The Morgan fingerprint density at radius 1 is 1.75 bits per heavy atom. The summed E-state index contributed by atoms with van der Waals surface area (Å²) in [4.78, 5) is 0. The van der Waals surface area contributed by atoms with Gasteiger partial charge in [-0.2, -0.15) is 0 Å². The van der Waals surface area contributed by atoms with Crippen molar-refractivity contribution >= 4 is 0 Å². The molecule has 0 aromatic heterocycles. The Morgan fingerprint density at radius 3 is 2.50 bits per heavy atom. The van der Waals surface area contributed by atoms with Gasteiger partial charge >= 0.3 is 0 Å². The maximum Gasteiger partial charge on any atom is 0.122 e. The van der Waals surface area contributed by atoms with Crippen LogP contribution in [0.2, 0.25) is 0 Å². The molecule has 0 spiro atoms. The van der Waals surface area contributed by atoms with Crippen molar-refractivity contribution in [2.24, 2.45) is 0 Å². The van der Waals surface area contributed by atoms with Crippen molar-refractivity contribution in [2.45, 2.75) is 12.0 Å². The molecule has 1 aliphatic heterocycles. The number of rotatable bonds is 1. The average Bonchev–Trinajstić information content (AvgIpc) is 1.64. The standard InChI is InChI=1S/C6H8O2/c1-2-3-6(7)4-8-5-6/h1,7H,3-5H2. The molecule has 0 amide bonds. The smallest absolute Gasteiger partial charge is 0.122 e. The first-order valence-electron chi connectivity index (χ1n) is 2.50. The molecule has 1 rings (SSSR count). The Morgan fingerprint density at radius 2 is 2.38 bits per heavy atom. The third kappa shape index (κ3) is 0.835. The second kappa shape index (κ2) is 1.77. The van der Waals surface area contributed by atoms with Crippen molar-refractivity contribution in [3.8, 4) is 12.3 Å². The highest BCUT2D eigenvalue weighted by atomic mass is 16.5. The first-order chi connectivity index (χ1) is 3.77. The van der Waals surface area contributed by atoms with E-state index in [1.165, 1.54) is 0 Å². The third-order valence-electron chi connectivity index (χ3n) is 1.17. The third-order valence-corrected chi connectivity index (χ3v) is 1.17. The molecule has 44 valence electrons. The van der Waals surface area contributed by atoms with Crippen molar-refractivity contribution < 1.29 is 9.84 Å². The number of ether oxygens (including phenoxy) is 1. The summed E-state index contributed by atoms with van der Waals surface area (Å²) < 4.78 is 4.74. The van der Waals surface area contributed by atoms with E-state index in [-0.39, 0.29) is 0 Å². The summed E-state index contributed by atoms with van der Waals surface area (Å²) in [7, 11) is 0. The van der Waals surface area contributed by atoms with Gasteiger partial charge in [0.25, 0.3) is 0 Å². The molecule has 1 aliphatic rings. The summed E-state index contributed by atoms with van der Waals surface area (Å²) in [5, 5.41) is 9.14. The van der Waals surface area contributed by atoms with E-state index < -0.39 is 5.60 Å². The van der Waals surface area contributed by atoms with Gasteiger partial charge < -0.3 is 9.84 Å². The lowest BCUT2D eigenvalue weighted by molar-refractivity contribution is -0.174. The SMILES string of the molecule is C#CCC1(O)COC1. The van der Waals surface area contributed by atoms with Crippen LogP contribution in [0, 0.1) is 12.3 Å². The fourth-order valence-electron chi connectivity index (χ4n) is 0.630. The number of aliphatic hydroxyl groups is 1. The quantitative estimate of drug-likeness (QED) is 0.475. The van der Waals surface area contributed by atoms with Crippen LogP contribution in [0.4, 0.5) is 0 Å². The molecule has 0 aliphatic carbocycles. The van der Waals surface area contributed by atoms with Crippen LogP contribution in [-0.4, -0.2) is 23.9 Å². The zero-order chi connectivity index (χ0) is 6.04. The van der Waals surface area contributed by atoms with E-state index in [4.69, 9.17) is 16.3 Å². The van der Waals surface area contributed by atoms with Crippen molar-refractivity contribution in [3.63, 3.8) is 0 Å². The minimum atomic E-state index is -0.686. The fourth-order valence-corrected chi connectivity index (χ4v) is 0.630. The molecule has 1 fully saturated rings. The average molecular weight is 112 g/mol.